The molecule has 26 heavy (non-hydrogen) atoms. The van der Waals surface area contributed by atoms with E-state index in [0.717, 1.165) is 6.07 Å². The van der Waals surface area contributed by atoms with Crippen molar-refractivity contribution in [1.82, 2.24) is 19.6 Å². The second-order valence-corrected chi connectivity index (χ2v) is 5.82. The summed E-state index contributed by atoms with van der Waals surface area (Å²) in [5.41, 5.74) is -0.248. The molecule has 0 fully saturated rings. The van der Waals surface area contributed by atoms with Crippen molar-refractivity contribution < 1.29 is 17.9 Å². The molecule has 2 aromatic heterocycles. The highest BCUT2D eigenvalue weighted by Gasteiger charge is 2.34. The smallest absolute Gasteiger partial charge is 0.418 e. The van der Waals surface area contributed by atoms with E-state index in [9.17, 15) is 13.2 Å². The first-order valence-corrected chi connectivity index (χ1v) is 7.83. The molecule has 0 radical (unpaired) electrons. The predicted molar refractivity (Wildman–Crippen MR) is 90.3 cm³/mol. The Bertz CT molecular complexity index is 1120. The molecule has 2 aromatic carbocycles. The van der Waals surface area contributed by atoms with Gasteiger partial charge < -0.3 is 4.74 Å². The van der Waals surface area contributed by atoms with E-state index in [4.69, 9.17) is 16.3 Å². The Morgan fingerprint density at radius 2 is 1.77 bits per heavy atom. The van der Waals surface area contributed by atoms with Crippen LogP contribution in [0.15, 0.2) is 42.5 Å². The van der Waals surface area contributed by atoms with Gasteiger partial charge in [0.15, 0.2) is 11.5 Å². The fourth-order valence-corrected chi connectivity index (χ4v) is 2.89. The molecule has 4 aromatic rings. The molecule has 0 aliphatic rings. The van der Waals surface area contributed by atoms with Gasteiger partial charge in [0.25, 0.3) is 0 Å². The van der Waals surface area contributed by atoms with Crippen LogP contribution in [-0.2, 0) is 6.18 Å². The Kier molecular flexibility index (Phi) is 3.73. The molecule has 0 atom stereocenters. The zero-order valence-corrected chi connectivity index (χ0v) is 14.0. The first kappa shape index (κ1) is 16.6. The van der Waals surface area contributed by atoms with Crippen LogP contribution in [0.2, 0.25) is 5.28 Å². The molecule has 132 valence electrons. The van der Waals surface area contributed by atoms with Crippen LogP contribution in [0.25, 0.3) is 27.9 Å². The molecule has 0 aliphatic heterocycles. The second-order valence-electron chi connectivity index (χ2n) is 5.48. The normalized spacial score (nSPS) is 12.0. The summed E-state index contributed by atoms with van der Waals surface area (Å²) in [6.07, 6.45) is -4.55. The van der Waals surface area contributed by atoms with Crippen LogP contribution in [0.3, 0.4) is 0 Å². The average molecular weight is 379 g/mol. The number of benzene rings is 2. The monoisotopic (exact) mass is 378 g/mol. The van der Waals surface area contributed by atoms with Gasteiger partial charge in [0.2, 0.25) is 5.28 Å². The SMILES string of the molecule is COc1ccc(-c2nc3c4cccc(C(F)(F)F)c4nc(Cl)n3n2)cc1. The van der Waals surface area contributed by atoms with Crippen molar-refractivity contribution in [3.63, 3.8) is 0 Å². The van der Waals surface area contributed by atoms with Gasteiger partial charge in [0.1, 0.15) is 5.75 Å². The van der Waals surface area contributed by atoms with Crippen LogP contribution >= 0.6 is 11.6 Å². The van der Waals surface area contributed by atoms with Crippen LogP contribution < -0.4 is 4.74 Å². The van der Waals surface area contributed by atoms with Gasteiger partial charge in [-0.15, -0.1) is 5.10 Å². The number of halogens is 4. The topological polar surface area (TPSA) is 52.3 Å². The summed E-state index contributed by atoms with van der Waals surface area (Å²) in [4.78, 5) is 8.26. The van der Waals surface area contributed by atoms with Gasteiger partial charge in [-0.1, -0.05) is 6.07 Å². The van der Waals surface area contributed by atoms with Crippen LogP contribution in [0.5, 0.6) is 5.75 Å². The minimum Gasteiger partial charge on any atom is -0.497 e. The number of aromatic nitrogens is 4. The van der Waals surface area contributed by atoms with E-state index in [2.05, 4.69) is 15.1 Å². The molecule has 0 spiro atoms. The zero-order chi connectivity index (χ0) is 18.5. The number of ether oxygens (including phenoxy) is 1. The third-order valence-corrected chi connectivity index (χ3v) is 4.16. The van der Waals surface area contributed by atoms with Crippen LogP contribution in [0, 0.1) is 0 Å². The van der Waals surface area contributed by atoms with E-state index in [-0.39, 0.29) is 21.8 Å². The molecule has 0 N–H and O–H groups in total. The largest absolute Gasteiger partial charge is 0.497 e. The van der Waals surface area contributed by atoms with Crippen molar-refractivity contribution >= 4 is 28.2 Å². The van der Waals surface area contributed by atoms with Gasteiger partial charge in [-0.25, -0.2) is 9.97 Å². The van der Waals surface area contributed by atoms with E-state index in [1.54, 1.807) is 31.4 Å². The van der Waals surface area contributed by atoms with E-state index >= 15 is 0 Å². The maximum atomic E-state index is 13.3. The number of para-hydroxylation sites is 1. The molecule has 0 unspecified atom stereocenters. The van der Waals surface area contributed by atoms with Gasteiger partial charge in [-0.3, -0.25) is 0 Å². The number of nitrogens with zero attached hydrogens (tertiary/aromatic N) is 4. The van der Waals surface area contributed by atoms with Crippen molar-refractivity contribution in [2.75, 3.05) is 7.11 Å². The van der Waals surface area contributed by atoms with E-state index in [1.807, 2.05) is 0 Å². The van der Waals surface area contributed by atoms with Crippen molar-refractivity contribution in [3.8, 4) is 17.1 Å². The molecule has 9 heteroatoms. The Morgan fingerprint density at radius 3 is 2.42 bits per heavy atom. The lowest BCUT2D eigenvalue weighted by Gasteiger charge is -2.10. The Labute approximate surface area is 150 Å². The highest BCUT2D eigenvalue weighted by molar-refractivity contribution is 6.29. The second kappa shape index (κ2) is 5.84. The summed E-state index contributed by atoms with van der Waals surface area (Å²) < 4.78 is 46.1. The van der Waals surface area contributed by atoms with Crippen LogP contribution in [-0.4, -0.2) is 26.7 Å². The number of hydrogen-bond donors (Lipinski definition) is 0. The summed E-state index contributed by atoms with van der Waals surface area (Å²) in [6.45, 7) is 0. The van der Waals surface area contributed by atoms with Gasteiger partial charge in [0, 0.05) is 10.9 Å². The highest BCUT2D eigenvalue weighted by Crippen LogP contribution is 2.35. The lowest BCUT2D eigenvalue weighted by atomic mass is 10.1. The summed E-state index contributed by atoms with van der Waals surface area (Å²) >= 11 is 6.07. The molecule has 0 saturated heterocycles. The number of rotatable bonds is 2. The van der Waals surface area contributed by atoms with Gasteiger partial charge in [-0.2, -0.15) is 17.7 Å². The van der Waals surface area contributed by atoms with Crippen LogP contribution in [0.1, 0.15) is 5.56 Å². The maximum Gasteiger partial charge on any atom is 0.418 e. The molecule has 2 heterocycles. The lowest BCUT2D eigenvalue weighted by Crippen LogP contribution is -2.07. The van der Waals surface area contributed by atoms with Crippen molar-refractivity contribution in [2.24, 2.45) is 0 Å². The van der Waals surface area contributed by atoms with E-state index in [1.165, 1.54) is 16.6 Å². The number of alkyl halides is 3. The molecular weight excluding hydrogens is 369 g/mol. The van der Waals surface area contributed by atoms with Crippen molar-refractivity contribution in [3.05, 3.63) is 53.3 Å². The molecule has 0 aliphatic carbocycles. The average Bonchev–Trinajstić information content (AvgIpc) is 3.07. The molecule has 5 nitrogen and oxygen atoms in total. The maximum absolute atomic E-state index is 13.3. The molecule has 0 saturated carbocycles. The Hall–Kier alpha value is -2.87. The summed E-state index contributed by atoms with van der Waals surface area (Å²) in [5, 5.41) is 4.29. The molecule has 4 rings (SSSR count). The van der Waals surface area contributed by atoms with E-state index in [0.29, 0.717) is 17.1 Å². The number of methoxy groups -OCH3 is 1. The highest BCUT2D eigenvalue weighted by atomic mass is 35.5. The van der Waals surface area contributed by atoms with E-state index < -0.39 is 11.7 Å². The minimum absolute atomic E-state index is 0.198. The molecule has 0 amide bonds. The first-order valence-electron chi connectivity index (χ1n) is 7.45. The van der Waals surface area contributed by atoms with Gasteiger partial charge in [-0.05, 0) is 48.0 Å². The summed E-state index contributed by atoms with van der Waals surface area (Å²) in [5.74, 6) is 0.985. The number of hydrogen-bond acceptors (Lipinski definition) is 4. The Morgan fingerprint density at radius 1 is 1.04 bits per heavy atom. The number of fused-ring (bicyclic) bond motifs is 3. The summed E-state index contributed by atoms with van der Waals surface area (Å²) in [6, 6.07) is 10.7. The lowest BCUT2D eigenvalue weighted by molar-refractivity contribution is -0.136. The first-order chi connectivity index (χ1) is 12.4. The van der Waals surface area contributed by atoms with Gasteiger partial charge >= 0.3 is 6.18 Å². The fraction of sp³-hybridized carbons (Fsp3) is 0.118. The standard InChI is InChI=1S/C17H10ClF3N4O/c1-26-10-7-5-9(6-8-10)14-23-15-11-3-2-4-12(17(19,20)21)13(11)22-16(18)25(15)24-14/h2-8H,1H3. The van der Waals surface area contributed by atoms with Crippen molar-refractivity contribution in [1.29, 1.82) is 0 Å². The summed E-state index contributed by atoms with van der Waals surface area (Å²) in [7, 11) is 1.55. The molecular formula is C17H10ClF3N4O. The van der Waals surface area contributed by atoms with Crippen molar-refractivity contribution in [2.45, 2.75) is 6.18 Å². The fourth-order valence-electron chi connectivity index (χ4n) is 2.69. The quantitative estimate of drug-likeness (QED) is 0.477. The third-order valence-electron chi connectivity index (χ3n) is 3.92. The van der Waals surface area contributed by atoms with Gasteiger partial charge in [0.05, 0.1) is 18.2 Å². The minimum atomic E-state index is -4.55. The Balaban J connectivity index is 1.98. The predicted octanol–water partition coefficient (Wildman–Crippen LogP) is 4.63. The van der Waals surface area contributed by atoms with Crippen LogP contribution in [0.4, 0.5) is 13.2 Å². The zero-order valence-electron chi connectivity index (χ0n) is 13.3. The third kappa shape index (κ3) is 2.62. The molecule has 0 bridgehead atoms.